The molecule has 0 fully saturated rings. The number of rotatable bonds is 9. The molecule has 3 amide bonds. The number of hydrogen-bond donors (Lipinski definition) is 3. The standard InChI is InChI=1S/C16H21N3O7/c1-17-13(20)7-18-14(21)9-26-15(22)8-19-16(23)10-4-11(24-2)6-12(5-10)25-3/h4-6H,7-9H2,1-3H3,(H,17,20)(H,18,21)(H,19,23). The molecule has 0 atom stereocenters. The van der Waals surface area contributed by atoms with Crippen LogP contribution < -0.4 is 25.4 Å². The third-order valence-electron chi connectivity index (χ3n) is 3.10. The number of hydrogen-bond acceptors (Lipinski definition) is 7. The minimum Gasteiger partial charge on any atom is -0.497 e. The van der Waals surface area contributed by atoms with Crippen molar-refractivity contribution in [2.75, 3.05) is 41.0 Å². The predicted molar refractivity (Wildman–Crippen MR) is 89.9 cm³/mol. The van der Waals surface area contributed by atoms with Crippen molar-refractivity contribution in [1.82, 2.24) is 16.0 Å². The highest BCUT2D eigenvalue weighted by Crippen LogP contribution is 2.22. The molecule has 0 saturated carbocycles. The van der Waals surface area contributed by atoms with Gasteiger partial charge in [-0.3, -0.25) is 19.2 Å². The Morgan fingerprint density at radius 3 is 2.04 bits per heavy atom. The molecule has 0 saturated heterocycles. The molecule has 10 heteroatoms. The quantitative estimate of drug-likeness (QED) is 0.469. The van der Waals surface area contributed by atoms with Crippen molar-refractivity contribution in [2.45, 2.75) is 0 Å². The molecule has 10 nitrogen and oxygen atoms in total. The van der Waals surface area contributed by atoms with Crippen LogP contribution in [0.3, 0.4) is 0 Å². The zero-order valence-electron chi connectivity index (χ0n) is 14.7. The molecule has 0 heterocycles. The number of ether oxygens (including phenoxy) is 3. The van der Waals surface area contributed by atoms with Crippen LogP contribution in [0.25, 0.3) is 0 Å². The van der Waals surface area contributed by atoms with Gasteiger partial charge in [-0.2, -0.15) is 0 Å². The van der Waals surface area contributed by atoms with E-state index in [0.29, 0.717) is 11.5 Å². The fraction of sp³-hybridized carbons (Fsp3) is 0.375. The lowest BCUT2D eigenvalue weighted by Gasteiger charge is -2.09. The van der Waals surface area contributed by atoms with Gasteiger partial charge < -0.3 is 30.2 Å². The van der Waals surface area contributed by atoms with E-state index < -0.39 is 30.9 Å². The zero-order valence-corrected chi connectivity index (χ0v) is 14.7. The fourth-order valence-electron chi connectivity index (χ4n) is 1.71. The SMILES string of the molecule is CNC(=O)CNC(=O)COC(=O)CNC(=O)c1cc(OC)cc(OC)c1. The Morgan fingerprint density at radius 2 is 1.50 bits per heavy atom. The minimum atomic E-state index is -0.802. The molecule has 3 N–H and O–H groups in total. The molecule has 0 bridgehead atoms. The number of carbonyl (C=O) groups is 4. The molecule has 0 aliphatic rings. The Bertz CT molecular complexity index is 654. The van der Waals surface area contributed by atoms with Crippen LogP contribution in [-0.2, 0) is 19.1 Å². The van der Waals surface area contributed by atoms with Gasteiger partial charge in [-0.1, -0.05) is 0 Å². The lowest BCUT2D eigenvalue weighted by molar-refractivity contribution is -0.147. The van der Waals surface area contributed by atoms with E-state index >= 15 is 0 Å². The maximum absolute atomic E-state index is 12.1. The first-order valence-electron chi connectivity index (χ1n) is 7.53. The molecule has 1 rings (SSSR count). The number of benzene rings is 1. The van der Waals surface area contributed by atoms with Crippen LogP contribution in [0.5, 0.6) is 11.5 Å². The molecule has 0 aliphatic carbocycles. The Kier molecular flexibility index (Phi) is 8.41. The van der Waals surface area contributed by atoms with Gasteiger partial charge in [-0.05, 0) is 12.1 Å². The molecule has 142 valence electrons. The van der Waals surface area contributed by atoms with Crippen molar-refractivity contribution in [2.24, 2.45) is 0 Å². The van der Waals surface area contributed by atoms with Crippen molar-refractivity contribution in [1.29, 1.82) is 0 Å². The zero-order chi connectivity index (χ0) is 19.5. The van der Waals surface area contributed by atoms with E-state index in [2.05, 4.69) is 16.0 Å². The van der Waals surface area contributed by atoms with Crippen LogP contribution in [0, 0.1) is 0 Å². The van der Waals surface area contributed by atoms with Gasteiger partial charge in [0.15, 0.2) is 6.61 Å². The second kappa shape index (κ2) is 10.5. The number of amides is 3. The van der Waals surface area contributed by atoms with E-state index in [1.807, 2.05) is 0 Å². The number of esters is 1. The highest BCUT2D eigenvalue weighted by atomic mass is 16.5. The summed E-state index contributed by atoms with van der Waals surface area (Å²) in [5.41, 5.74) is 0.234. The second-order valence-electron chi connectivity index (χ2n) is 4.89. The first-order valence-corrected chi connectivity index (χ1v) is 7.53. The van der Waals surface area contributed by atoms with Gasteiger partial charge in [0.1, 0.15) is 18.0 Å². The Morgan fingerprint density at radius 1 is 0.885 bits per heavy atom. The Hall–Kier alpha value is -3.30. The van der Waals surface area contributed by atoms with Crippen molar-refractivity contribution in [3.05, 3.63) is 23.8 Å². The molecule has 0 radical (unpaired) electrons. The van der Waals surface area contributed by atoms with Gasteiger partial charge in [-0.25, -0.2) is 0 Å². The fourth-order valence-corrected chi connectivity index (χ4v) is 1.71. The molecular formula is C16H21N3O7. The smallest absolute Gasteiger partial charge is 0.325 e. The van der Waals surface area contributed by atoms with Crippen LogP contribution >= 0.6 is 0 Å². The summed E-state index contributed by atoms with van der Waals surface area (Å²) in [5, 5.41) is 6.95. The van der Waals surface area contributed by atoms with Gasteiger partial charge >= 0.3 is 5.97 Å². The summed E-state index contributed by atoms with van der Waals surface area (Å²) in [6, 6.07) is 4.56. The number of nitrogens with one attached hydrogen (secondary N) is 3. The van der Waals surface area contributed by atoms with Gasteiger partial charge in [-0.15, -0.1) is 0 Å². The van der Waals surface area contributed by atoms with Crippen LogP contribution in [0.2, 0.25) is 0 Å². The Balaban J connectivity index is 2.43. The summed E-state index contributed by atoms with van der Waals surface area (Å²) in [6.45, 7) is -1.21. The van der Waals surface area contributed by atoms with Crippen molar-refractivity contribution >= 4 is 23.7 Å². The first kappa shape index (κ1) is 20.7. The summed E-state index contributed by atoms with van der Waals surface area (Å²) in [6.07, 6.45) is 0. The lowest BCUT2D eigenvalue weighted by atomic mass is 10.2. The summed E-state index contributed by atoms with van der Waals surface area (Å²) in [7, 11) is 4.32. The molecule has 0 unspecified atom stereocenters. The van der Waals surface area contributed by atoms with Crippen LogP contribution in [0.1, 0.15) is 10.4 Å². The van der Waals surface area contributed by atoms with Crippen molar-refractivity contribution < 1.29 is 33.4 Å². The maximum atomic E-state index is 12.1. The van der Waals surface area contributed by atoms with Crippen molar-refractivity contribution in [3.8, 4) is 11.5 Å². The second-order valence-corrected chi connectivity index (χ2v) is 4.89. The van der Waals surface area contributed by atoms with Gasteiger partial charge in [0.05, 0.1) is 20.8 Å². The number of likely N-dealkylation sites (N-methyl/N-ethyl adjacent to an activating group) is 1. The van der Waals surface area contributed by atoms with Gasteiger partial charge in [0.2, 0.25) is 5.91 Å². The topological polar surface area (TPSA) is 132 Å². The minimum absolute atomic E-state index is 0.221. The Labute approximate surface area is 150 Å². The molecule has 1 aromatic rings. The third-order valence-corrected chi connectivity index (χ3v) is 3.10. The van der Waals surface area contributed by atoms with E-state index in [-0.39, 0.29) is 18.0 Å². The summed E-state index contributed by atoms with van der Waals surface area (Å²) in [4.78, 5) is 46.0. The van der Waals surface area contributed by atoms with E-state index in [4.69, 9.17) is 14.2 Å². The molecule has 0 aromatic heterocycles. The summed E-state index contributed by atoms with van der Waals surface area (Å²) >= 11 is 0. The number of methoxy groups -OCH3 is 2. The third kappa shape index (κ3) is 7.07. The molecule has 1 aromatic carbocycles. The summed E-state index contributed by atoms with van der Waals surface area (Å²) in [5.74, 6) is -1.52. The first-order chi connectivity index (χ1) is 12.4. The van der Waals surface area contributed by atoms with E-state index in [0.717, 1.165) is 0 Å². The van der Waals surface area contributed by atoms with Crippen LogP contribution in [-0.4, -0.2) is 64.7 Å². The average Bonchev–Trinajstić information content (AvgIpc) is 2.67. The monoisotopic (exact) mass is 367 g/mol. The summed E-state index contributed by atoms with van der Waals surface area (Å²) < 4.78 is 14.8. The average molecular weight is 367 g/mol. The highest BCUT2D eigenvalue weighted by molar-refractivity contribution is 5.96. The van der Waals surface area contributed by atoms with Gasteiger partial charge in [0, 0.05) is 18.7 Å². The van der Waals surface area contributed by atoms with Crippen molar-refractivity contribution in [3.63, 3.8) is 0 Å². The molecular weight excluding hydrogens is 346 g/mol. The molecule has 26 heavy (non-hydrogen) atoms. The largest absolute Gasteiger partial charge is 0.497 e. The highest BCUT2D eigenvalue weighted by Gasteiger charge is 2.13. The molecule has 0 spiro atoms. The predicted octanol–water partition coefficient (Wildman–Crippen LogP) is -1.16. The lowest BCUT2D eigenvalue weighted by Crippen LogP contribution is -2.38. The molecule has 0 aliphatic heterocycles. The van der Waals surface area contributed by atoms with E-state index in [1.54, 1.807) is 6.07 Å². The van der Waals surface area contributed by atoms with Gasteiger partial charge in [0.25, 0.3) is 11.8 Å². The van der Waals surface area contributed by atoms with E-state index in [9.17, 15) is 19.2 Å². The van der Waals surface area contributed by atoms with E-state index in [1.165, 1.54) is 33.4 Å². The maximum Gasteiger partial charge on any atom is 0.325 e. The van der Waals surface area contributed by atoms with Crippen LogP contribution in [0.4, 0.5) is 0 Å². The normalized spacial score (nSPS) is 9.65. The number of carbonyl (C=O) groups excluding carboxylic acids is 4. The van der Waals surface area contributed by atoms with Crippen LogP contribution in [0.15, 0.2) is 18.2 Å².